The van der Waals surface area contributed by atoms with E-state index in [9.17, 15) is 25.5 Å². The molecule has 0 saturated carbocycles. The molecule has 2 aromatic rings. The third kappa shape index (κ3) is 3.97. The van der Waals surface area contributed by atoms with Crippen molar-refractivity contribution in [1.29, 1.82) is 0 Å². The van der Waals surface area contributed by atoms with Crippen molar-refractivity contribution in [2.24, 2.45) is 0 Å². The Labute approximate surface area is 176 Å². The number of nitrogens with two attached hydrogens (primary N) is 1. The van der Waals surface area contributed by atoms with Crippen LogP contribution in [0.2, 0.25) is 0 Å². The number of hydrogen-bond acceptors (Lipinski definition) is 7. The third-order valence-corrected chi connectivity index (χ3v) is 5.97. The molecule has 2 aromatic carbocycles. The van der Waals surface area contributed by atoms with Crippen LogP contribution in [0.1, 0.15) is 43.0 Å². The molecule has 0 radical (unpaired) electrons. The summed E-state index contributed by atoms with van der Waals surface area (Å²) in [4.78, 5) is 0. The summed E-state index contributed by atoms with van der Waals surface area (Å²) in [5.74, 6) is -2.38. The fraction of sp³-hybridized carbons (Fsp3) is 0.478. The molecule has 0 bridgehead atoms. The average molecular weight is 418 g/mol. The van der Waals surface area contributed by atoms with E-state index in [1.807, 2.05) is 24.3 Å². The second-order valence-corrected chi connectivity index (χ2v) is 8.35. The zero-order valence-corrected chi connectivity index (χ0v) is 17.5. The van der Waals surface area contributed by atoms with Gasteiger partial charge in [-0.15, -0.1) is 0 Å². The number of nitrogen functional groups attached to an aromatic ring is 1. The Hall–Kier alpha value is -2.00. The van der Waals surface area contributed by atoms with Gasteiger partial charge < -0.3 is 36.0 Å². The number of rotatable bonds is 5. The Morgan fingerprint density at radius 2 is 1.63 bits per heavy atom. The Morgan fingerprint density at radius 1 is 1.03 bits per heavy atom. The molecule has 164 valence electrons. The Kier molecular flexibility index (Phi) is 6.25. The number of benzene rings is 2. The molecule has 1 heterocycles. The Balaban J connectivity index is 2.05. The van der Waals surface area contributed by atoms with Gasteiger partial charge in [0.15, 0.2) is 0 Å². The number of aryl methyl sites for hydroxylation is 1. The maximum Gasteiger partial charge on any atom is 0.222 e. The normalized spacial score (nSPS) is 32.7. The lowest BCUT2D eigenvalue weighted by Gasteiger charge is -2.52. The van der Waals surface area contributed by atoms with E-state index < -0.39 is 35.8 Å². The van der Waals surface area contributed by atoms with Gasteiger partial charge in [0, 0.05) is 11.3 Å². The smallest absolute Gasteiger partial charge is 0.222 e. The first-order chi connectivity index (χ1) is 14.0. The SMILES string of the molecule is CCc1ccc(Cc2ccc(N)cc2[C@@]2(O)O[C@H]([C@H](C)O)[C@@](C)(O)[C@H](O)[C@H]2O)cc1. The summed E-state index contributed by atoms with van der Waals surface area (Å²) in [5, 5.41) is 53.4. The van der Waals surface area contributed by atoms with Gasteiger partial charge in [0.1, 0.15) is 23.9 Å². The fourth-order valence-electron chi connectivity index (χ4n) is 4.09. The molecule has 0 unspecified atom stereocenters. The van der Waals surface area contributed by atoms with Gasteiger partial charge in [-0.05, 0) is 55.5 Å². The predicted octanol–water partition coefficient (Wildman–Crippen LogP) is 0.819. The zero-order chi connectivity index (χ0) is 22.3. The van der Waals surface area contributed by atoms with Gasteiger partial charge in [-0.2, -0.15) is 0 Å². The maximum atomic E-state index is 11.4. The Bertz CT molecular complexity index is 882. The lowest BCUT2D eigenvalue weighted by atomic mass is 9.77. The largest absolute Gasteiger partial charge is 0.399 e. The van der Waals surface area contributed by atoms with Crippen LogP contribution in [0.3, 0.4) is 0 Å². The van der Waals surface area contributed by atoms with Gasteiger partial charge in [0.05, 0.1) is 6.10 Å². The van der Waals surface area contributed by atoms with E-state index in [0.717, 1.165) is 12.0 Å². The summed E-state index contributed by atoms with van der Waals surface area (Å²) in [7, 11) is 0. The zero-order valence-electron chi connectivity index (χ0n) is 17.5. The first-order valence-corrected chi connectivity index (χ1v) is 10.1. The molecule has 6 atom stereocenters. The third-order valence-electron chi connectivity index (χ3n) is 5.97. The van der Waals surface area contributed by atoms with Crippen LogP contribution in [0.25, 0.3) is 0 Å². The monoisotopic (exact) mass is 417 g/mol. The summed E-state index contributed by atoms with van der Waals surface area (Å²) >= 11 is 0. The lowest BCUT2D eigenvalue weighted by molar-refractivity contribution is -0.385. The fourth-order valence-corrected chi connectivity index (χ4v) is 4.09. The minimum absolute atomic E-state index is 0.176. The number of hydrogen-bond donors (Lipinski definition) is 6. The molecule has 1 aliphatic rings. The van der Waals surface area contributed by atoms with E-state index in [-0.39, 0.29) is 5.56 Å². The minimum atomic E-state index is -2.38. The quantitative estimate of drug-likeness (QED) is 0.396. The highest BCUT2D eigenvalue weighted by molar-refractivity contribution is 5.48. The molecule has 0 aliphatic carbocycles. The number of anilines is 1. The van der Waals surface area contributed by atoms with Crippen molar-refractivity contribution in [3.05, 3.63) is 64.7 Å². The molecule has 7 nitrogen and oxygen atoms in total. The number of aliphatic hydroxyl groups excluding tert-OH is 3. The standard InChI is InChI=1S/C23H31NO6/c1-4-14-5-7-15(8-6-14)11-16-9-10-17(24)12-18(16)23(29)20(27)19(26)22(3,28)21(30-23)13(2)25/h5-10,12-13,19-21,25-29H,4,11,24H2,1-3H3/t13-,19+,20+,21+,22-,23+/m0/s1. The highest BCUT2D eigenvalue weighted by Gasteiger charge is 2.60. The molecule has 1 fully saturated rings. The first kappa shape index (κ1) is 22.7. The predicted molar refractivity (Wildman–Crippen MR) is 113 cm³/mol. The molecular formula is C23H31NO6. The molecule has 0 aromatic heterocycles. The van der Waals surface area contributed by atoms with E-state index in [0.29, 0.717) is 17.7 Å². The van der Waals surface area contributed by atoms with E-state index in [4.69, 9.17) is 10.5 Å². The molecule has 0 spiro atoms. The van der Waals surface area contributed by atoms with Gasteiger partial charge in [0.25, 0.3) is 0 Å². The summed E-state index contributed by atoms with van der Waals surface area (Å²) in [6, 6.07) is 12.9. The van der Waals surface area contributed by atoms with Crippen LogP contribution in [0, 0.1) is 0 Å². The van der Waals surface area contributed by atoms with Crippen molar-refractivity contribution < 1.29 is 30.3 Å². The van der Waals surface area contributed by atoms with Crippen LogP contribution >= 0.6 is 0 Å². The molecule has 3 rings (SSSR count). The van der Waals surface area contributed by atoms with Gasteiger partial charge >= 0.3 is 0 Å². The maximum absolute atomic E-state index is 11.4. The van der Waals surface area contributed by atoms with Crippen LogP contribution in [0.5, 0.6) is 0 Å². The lowest BCUT2D eigenvalue weighted by Crippen LogP contribution is -2.70. The van der Waals surface area contributed by atoms with E-state index in [2.05, 4.69) is 6.92 Å². The molecule has 30 heavy (non-hydrogen) atoms. The van der Waals surface area contributed by atoms with Crippen LogP contribution in [-0.4, -0.2) is 55.5 Å². The van der Waals surface area contributed by atoms with Crippen molar-refractivity contribution >= 4 is 5.69 Å². The minimum Gasteiger partial charge on any atom is -0.399 e. The first-order valence-electron chi connectivity index (χ1n) is 10.1. The van der Waals surface area contributed by atoms with Crippen LogP contribution in [0.4, 0.5) is 5.69 Å². The second kappa shape index (κ2) is 8.26. The van der Waals surface area contributed by atoms with Crippen molar-refractivity contribution in [3.8, 4) is 0 Å². The van der Waals surface area contributed by atoms with Crippen molar-refractivity contribution in [2.45, 2.75) is 69.4 Å². The van der Waals surface area contributed by atoms with E-state index in [1.165, 1.54) is 25.5 Å². The number of aliphatic hydroxyl groups is 5. The van der Waals surface area contributed by atoms with Crippen LogP contribution in [-0.2, 0) is 23.4 Å². The number of ether oxygens (including phenoxy) is 1. The second-order valence-electron chi connectivity index (χ2n) is 8.35. The summed E-state index contributed by atoms with van der Waals surface area (Å²) < 4.78 is 5.68. The van der Waals surface area contributed by atoms with Gasteiger partial charge in [-0.3, -0.25) is 0 Å². The topological polar surface area (TPSA) is 136 Å². The summed E-state index contributed by atoms with van der Waals surface area (Å²) in [6.45, 7) is 4.69. The van der Waals surface area contributed by atoms with Crippen molar-refractivity contribution in [1.82, 2.24) is 0 Å². The van der Waals surface area contributed by atoms with Gasteiger partial charge in [-0.25, -0.2) is 0 Å². The van der Waals surface area contributed by atoms with E-state index in [1.54, 1.807) is 12.1 Å². The molecular weight excluding hydrogens is 386 g/mol. The molecule has 7 N–H and O–H groups in total. The molecule has 7 heteroatoms. The molecule has 1 aliphatic heterocycles. The van der Waals surface area contributed by atoms with Crippen molar-refractivity contribution in [2.75, 3.05) is 5.73 Å². The summed E-state index contributed by atoms with van der Waals surface area (Å²) in [6.07, 6.45) is -4.87. The Morgan fingerprint density at radius 3 is 2.20 bits per heavy atom. The molecule has 0 amide bonds. The van der Waals surface area contributed by atoms with Crippen LogP contribution < -0.4 is 5.73 Å². The summed E-state index contributed by atoms with van der Waals surface area (Å²) in [5.41, 5.74) is 7.29. The van der Waals surface area contributed by atoms with Crippen LogP contribution in [0.15, 0.2) is 42.5 Å². The molecule has 1 saturated heterocycles. The average Bonchev–Trinajstić information content (AvgIpc) is 2.71. The van der Waals surface area contributed by atoms with Crippen molar-refractivity contribution in [3.63, 3.8) is 0 Å². The highest BCUT2D eigenvalue weighted by atomic mass is 16.7. The van der Waals surface area contributed by atoms with Gasteiger partial charge in [0.2, 0.25) is 5.79 Å². The van der Waals surface area contributed by atoms with E-state index >= 15 is 0 Å². The van der Waals surface area contributed by atoms with Gasteiger partial charge in [-0.1, -0.05) is 37.3 Å². The highest BCUT2D eigenvalue weighted by Crippen LogP contribution is 2.43.